The van der Waals surface area contributed by atoms with Gasteiger partial charge in [-0.25, -0.2) is 4.90 Å². The third-order valence-corrected chi connectivity index (χ3v) is 7.24. The number of nitro benzene ring substituents is 1. The van der Waals surface area contributed by atoms with Crippen LogP contribution in [0.4, 0.5) is 11.4 Å². The molecule has 0 aromatic heterocycles. The Bertz CT molecular complexity index is 1490. The molecule has 2 saturated heterocycles. The van der Waals surface area contributed by atoms with Crippen LogP contribution in [0.2, 0.25) is 5.02 Å². The summed E-state index contributed by atoms with van der Waals surface area (Å²) < 4.78 is 0. The largest absolute Gasteiger partial charge is 0.292 e. The van der Waals surface area contributed by atoms with Gasteiger partial charge in [0.1, 0.15) is 6.04 Å². The van der Waals surface area contributed by atoms with E-state index in [-0.39, 0.29) is 17.2 Å². The molecule has 4 unspecified atom stereocenters. The summed E-state index contributed by atoms with van der Waals surface area (Å²) >= 11 is 6.00. The Hall–Kier alpha value is -4.37. The predicted octanol–water partition coefficient (Wildman–Crippen LogP) is 4.01. The number of nitrogens with zero attached hydrogens (tertiary/aromatic N) is 4. The second-order valence-corrected chi connectivity index (χ2v) is 9.29. The summed E-state index contributed by atoms with van der Waals surface area (Å²) in [5, 5.41) is 17.9. The molecule has 3 aromatic carbocycles. The molecule has 36 heavy (non-hydrogen) atoms. The Labute approximate surface area is 209 Å². The van der Waals surface area contributed by atoms with Gasteiger partial charge >= 0.3 is 0 Å². The lowest BCUT2D eigenvalue weighted by Gasteiger charge is -2.33. The molecule has 3 aliphatic rings. The second-order valence-electron chi connectivity index (χ2n) is 8.85. The van der Waals surface area contributed by atoms with E-state index in [9.17, 15) is 24.5 Å². The lowest BCUT2D eigenvalue weighted by molar-refractivity contribution is -0.384. The molecule has 0 aliphatic carbocycles. The van der Waals surface area contributed by atoms with Crippen molar-refractivity contribution in [3.8, 4) is 0 Å². The van der Waals surface area contributed by atoms with Crippen LogP contribution in [0.25, 0.3) is 0 Å². The number of carbonyl (C=O) groups is 3. The summed E-state index contributed by atoms with van der Waals surface area (Å²) in [7, 11) is 0. The van der Waals surface area contributed by atoms with E-state index in [1.807, 2.05) is 24.3 Å². The molecule has 0 saturated carbocycles. The van der Waals surface area contributed by atoms with Gasteiger partial charge in [-0.3, -0.25) is 29.5 Å². The van der Waals surface area contributed by atoms with Crippen molar-refractivity contribution < 1.29 is 19.3 Å². The van der Waals surface area contributed by atoms with E-state index >= 15 is 0 Å². The fourth-order valence-corrected chi connectivity index (χ4v) is 5.58. The van der Waals surface area contributed by atoms with Gasteiger partial charge < -0.3 is 0 Å². The van der Waals surface area contributed by atoms with Crippen molar-refractivity contribution in [3.05, 3.63) is 105 Å². The normalized spacial score (nSPS) is 23.9. The zero-order valence-electron chi connectivity index (χ0n) is 18.5. The molecule has 0 spiro atoms. The van der Waals surface area contributed by atoms with Gasteiger partial charge in [-0.2, -0.15) is 5.10 Å². The molecule has 0 N–H and O–H groups in total. The minimum atomic E-state index is -1.04. The van der Waals surface area contributed by atoms with Gasteiger partial charge in [-0.15, -0.1) is 0 Å². The number of rotatable bonds is 4. The highest BCUT2D eigenvalue weighted by Gasteiger charge is 2.65. The van der Waals surface area contributed by atoms with Gasteiger partial charge in [0.25, 0.3) is 5.69 Å². The second kappa shape index (κ2) is 8.10. The van der Waals surface area contributed by atoms with E-state index in [1.54, 1.807) is 35.5 Å². The number of benzene rings is 3. The van der Waals surface area contributed by atoms with Crippen LogP contribution >= 0.6 is 11.6 Å². The Balaban J connectivity index is 1.49. The summed E-state index contributed by atoms with van der Waals surface area (Å²) in [4.78, 5) is 53.1. The number of nitro groups is 1. The number of fused-ring (bicyclic) bond motifs is 5. The molecule has 178 valence electrons. The molecule has 3 heterocycles. The third-order valence-electron chi connectivity index (χ3n) is 6.99. The van der Waals surface area contributed by atoms with Crippen molar-refractivity contribution in [2.24, 2.45) is 16.9 Å². The molecule has 6 rings (SSSR count). The van der Waals surface area contributed by atoms with Crippen LogP contribution in [0.1, 0.15) is 27.5 Å². The molecule has 0 radical (unpaired) electrons. The molecule has 0 bridgehead atoms. The lowest BCUT2D eigenvalue weighted by Crippen LogP contribution is -2.44. The first-order valence-electron chi connectivity index (χ1n) is 11.2. The minimum Gasteiger partial charge on any atom is -0.292 e. The van der Waals surface area contributed by atoms with Crippen molar-refractivity contribution >= 4 is 46.8 Å². The van der Waals surface area contributed by atoms with Crippen LogP contribution in [0, 0.1) is 22.0 Å². The van der Waals surface area contributed by atoms with Crippen molar-refractivity contribution in [1.82, 2.24) is 5.01 Å². The van der Waals surface area contributed by atoms with E-state index in [2.05, 4.69) is 5.10 Å². The van der Waals surface area contributed by atoms with E-state index in [4.69, 9.17) is 11.6 Å². The molecule has 2 amide bonds. The highest BCUT2D eigenvalue weighted by atomic mass is 35.5. The average Bonchev–Trinajstić information content (AvgIpc) is 3.36. The smallest absolute Gasteiger partial charge is 0.271 e. The number of halogens is 1. The summed E-state index contributed by atoms with van der Waals surface area (Å²) in [6, 6.07) is 17.4. The fourth-order valence-electron chi connectivity index (χ4n) is 5.45. The van der Waals surface area contributed by atoms with Crippen LogP contribution in [0.15, 0.2) is 77.9 Å². The van der Waals surface area contributed by atoms with Gasteiger partial charge in [-0.05, 0) is 41.5 Å². The highest BCUT2D eigenvalue weighted by molar-refractivity contribution is 6.30. The number of Topliss-reactive ketones (excluding diaryl/α,β-unsaturated/α-hetero) is 1. The van der Waals surface area contributed by atoms with Gasteiger partial charge in [0.2, 0.25) is 11.8 Å². The molecule has 3 aromatic rings. The number of anilines is 1. The Kier molecular flexibility index (Phi) is 4.97. The van der Waals surface area contributed by atoms with Crippen molar-refractivity contribution in [3.63, 3.8) is 0 Å². The van der Waals surface area contributed by atoms with Gasteiger partial charge in [0, 0.05) is 22.7 Å². The zero-order chi connectivity index (χ0) is 25.1. The first-order chi connectivity index (χ1) is 17.4. The topological polar surface area (TPSA) is 113 Å². The molecule has 3 aliphatic heterocycles. The quantitative estimate of drug-likeness (QED) is 0.231. The van der Waals surface area contributed by atoms with E-state index in [0.29, 0.717) is 10.6 Å². The number of amides is 2. The number of hydrazone groups is 1. The van der Waals surface area contributed by atoms with Crippen molar-refractivity contribution in [1.29, 1.82) is 0 Å². The number of non-ortho nitro benzene ring substituents is 1. The van der Waals surface area contributed by atoms with Crippen LogP contribution < -0.4 is 4.90 Å². The van der Waals surface area contributed by atoms with E-state index in [0.717, 1.165) is 16.0 Å². The van der Waals surface area contributed by atoms with Crippen LogP contribution in [-0.2, 0) is 9.59 Å². The fraction of sp³-hybridized carbons (Fsp3) is 0.154. The summed E-state index contributed by atoms with van der Waals surface area (Å²) in [5.41, 5.74) is 1.78. The van der Waals surface area contributed by atoms with Gasteiger partial charge in [0.05, 0.1) is 34.7 Å². The maximum absolute atomic E-state index is 13.8. The van der Waals surface area contributed by atoms with Crippen LogP contribution in [0.5, 0.6) is 0 Å². The maximum Gasteiger partial charge on any atom is 0.271 e. The van der Waals surface area contributed by atoms with Crippen LogP contribution in [-0.4, -0.2) is 39.8 Å². The van der Waals surface area contributed by atoms with Gasteiger partial charge in [0.15, 0.2) is 5.78 Å². The molecular weight excluding hydrogens is 484 g/mol. The molecule has 4 atom stereocenters. The number of carbonyl (C=O) groups excluding carboxylic acids is 3. The molecule has 9 nitrogen and oxygen atoms in total. The van der Waals surface area contributed by atoms with Gasteiger partial charge in [-0.1, -0.05) is 41.9 Å². The summed E-state index contributed by atoms with van der Waals surface area (Å²) in [6.07, 6.45) is 1.63. The average molecular weight is 501 g/mol. The monoisotopic (exact) mass is 500 g/mol. The maximum atomic E-state index is 13.8. The Morgan fingerprint density at radius 2 is 1.67 bits per heavy atom. The SMILES string of the molecule is O=C(c1ccc(Cl)cc1)C1C2C(=O)N(c3cccc([N+](=O)[O-])c3)C(=O)C2C2c3ccccc3C=NN12. The summed E-state index contributed by atoms with van der Waals surface area (Å²) in [6.45, 7) is 0. The zero-order valence-corrected chi connectivity index (χ0v) is 19.3. The lowest BCUT2D eigenvalue weighted by atomic mass is 9.83. The van der Waals surface area contributed by atoms with E-state index in [1.165, 1.54) is 24.3 Å². The first-order valence-corrected chi connectivity index (χ1v) is 11.6. The summed E-state index contributed by atoms with van der Waals surface area (Å²) in [5.74, 6) is -3.37. The minimum absolute atomic E-state index is 0.102. The standard InChI is InChI=1S/C26H17ClN4O5/c27-16-10-8-14(9-11-16)24(32)23-21-20(22-19-7-2-1-4-15(19)13-28-30(22)23)25(33)29(26(21)34)17-5-3-6-18(12-17)31(35)36/h1-13,20-23H. The Morgan fingerprint density at radius 3 is 2.42 bits per heavy atom. The number of hydrogen-bond acceptors (Lipinski definition) is 7. The number of imide groups is 1. The number of hydrogen-bond donors (Lipinski definition) is 0. The predicted molar refractivity (Wildman–Crippen MR) is 131 cm³/mol. The third kappa shape index (κ3) is 3.16. The molecule has 2 fully saturated rings. The molecular formula is C26H17ClN4O5. The van der Waals surface area contributed by atoms with Crippen LogP contribution in [0.3, 0.4) is 0 Å². The number of ketones is 1. The van der Waals surface area contributed by atoms with Crippen molar-refractivity contribution in [2.45, 2.75) is 12.1 Å². The highest BCUT2D eigenvalue weighted by Crippen LogP contribution is 2.53. The Morgan fingerprint density at radius 1 is 0.944 bits per heavy atom. The van der Waals surface area contributed by atoms with E-state index < -0.39 is 40.7 Å². The molecule has 10 heteroatoms. The first kappa shape index (κ1) is 22.1. The van der Waals surface area contributed by atoms with Crippen molar-refractivity contribution in [2.75, 3.05) is 4.90 Å².